The first kappa shape index (κ1) is 12.6. The lowest BCUT2D eigenvalue weighted by Gasteiger charge is -2.22. The Morgan fingerprint density at radius 3 is 2.50 bits per heavy atom. The average molecular weight is 245 g/mol. The van der Waals surface area contributed by atoms with Crippen LogP contribution >= 0.6 is 0 Å². The number of pyridine rings is 1. The zero-order chi connectivity index (χ0) is 13.3. The van der Waals surface area contributed by atoms with E-state index in [0.717, 1.165) is 28.0 Å². The van der Waals surface area contributed by atoms with Crippen LogP contribution in [-0.2, 0) is 5.41 Å². The third-order valence-electron chi connectivity index (χ3n) is 2.89. The number of nitrogens with one attached hydrogen (secondary N) is 1. The number of nitrogen functional groups attached to an aromatic ring is 1. The quantitative estimate of drug-likeness (QED) is 0.631. The van der Waals surface area contributed by atoms with Crippen molar-refractivity contribution in [2.75, 3.05) is 12.5 Å². The van der Waals surface area contributed by atoms with E-state index in [1.54, 1.807) is 7.11 Å². The smallest absolute Gasteiger partial charge is 0.121 e. The average Bonchev–Trinajstić information content (AvgIpc) is 2.35. The number of nitrogens with zero attached hydrogens (tertiary/aromatic N) is 1. The van der Waals surface area contributed by atoms with Gasteiger partial charge in [-0.3, -0.25) is 5.84 Å². The summed E-state index contributed by atoms with van der Waals surface area (Å²) in [7, 11) is 1.65. The number of benzene rings is 1. The van der Waals surface area contributed by atoms with Crippen molar-refractivity contribution in [2.45, 2.75) is 26.2 Å². The molecule has 0 amide bonds. The fourth-order valence-corrected chi connectivity index (χ4v) is 1.96. The normalized spacial score (nSPS) is 11.6. The maximum atomic E-state index is 5.58. The van der Waals surface area contributed by atoms with Crippen molar-refractivity contribution in [3.8, 4) is 5.75 Å². The summed E-state index contributed by atoms with van der Waals surface area (Å²) in [5.74, 6) is 6.39. The minimum absolute atomic E-state index is 0.0705. The first-order valence-corrected chi connectivity index (χ1v) is 5.91. The topological polar surface area (TPSA) is 60.2 Å². The van der Waals surface area contributed by atoms with E-state index in [4.69, 9.17) is 15.6 Å². The van der Waals surface area contributed by atoms with Gasteiger partial charge < -0.3 is 10.2 Å². The molecule has 0 unspecified atom stereocenters. The summed E-state index contributed by atoms with van der Waals surface area (Å²) < 4.78 is 5.22. The highest BCUT2D eigenvalue weighted by Gasteiger charge is 2.20. The molecule has 1 aromatic heterocycles. The minimum Gasteiger partial charge on any atom is -0.497 e. The van der Waals surface area contributed by atoms with Crippen LogP contribution in [0.5, 0.6) is 5.75 Å². The third kappa shape index (κ3) is 2.24. The zero-order valence-electron chi connectivity index (χ0n) is 11.2. The van der Waals surface area contributed by atoms with E-state index in [1.807, 2.05) is 24.3 Å². The molecule has 0 saturated heterocycles. The zero-order valence-corrected chi connectivity index (χ0v) is 11.2. The Kier molecular flexibility index (Phi) is 3.13. The highest BCUT2D eigenvalue weighted by Crippen LogP contribution is 2.31. The first-order chi connectivity index (χ1) is 8.45. The lowest BCUT2D eigenvalue weighted by Crippen LogP contribution is -2.19. The van der Waals surface area contributed by atoms with Crippen LogP contribution in [0.3, 0.4) is 0 Å². The number of rotatable bonds is 2. The number of fused-ring (bicyclic) bond motifs is 1. The molecule has 0 atom stereocenters. The maximum Gasteiger partial charge on any atom is 0.121 e. The molecule has 2 aromatic rings. The number of ether oxygens (including phenoxy) is 1. The van der Waals surface area contributed by atoms with Crippen molar-refractivity contribution < 1.29 is 4.74 Å². The monoisotopic (exact) mass is 245 g/mol. The highest BCUT2D eigenvalue weighted by molar-refractivity contribution is 5.84. The van der Waals surface area contributed by atoms with Crippen molar-refractivity contribution in [1.29, 1.82) is 0 Å². The Hall–Kier alpha value is -1.81. The molecule has 4 heteroatoms. The lowest BCUT2D eigenvalue weighted by molar-refractivity contribution is 0.415. The second kappa shape index (κ2) is 4.46. The molecule has 0 aliphatic carbocycles. The SMILES string of the molecule is COc1ccc2cc(NN)c(C(C)(C)C)nc2c1. The molecule has 96 valence electrons. The Morgan fingerprint density at radius 2 is 1.94 bits per heavy atom. The molecule has 0 bridgehead atoms. The predicted molar refractivity (Wildman–Crippen MR) is 74.8 cm³/mol. The molecule has 0 radical (unpaired) electrons. The van der Waals surface area contributed by atoms with Crippen molar-refractivity contribution in [3.05, 3.63) is 30.0 Å². The second-order valence-electron chi connectivity index (χ2n) is 5.34. The van der Waals surface area contributed by atoms with Gasteiger partial charge in [-0.05, 0) is 18.2 Å². The number of aromatic nitrogens is 1. The van der Waals surface area contributed by atoms with Gasteiger partial charge >= 0.3 is 0 Å². The van der Waals surface area contributed by atoms with Gasteiger partial charge in [0.15, 0.2) is 0 Å². The fourth-order valence-electron chi connectivity index (χ4n) is 1.96. The molecule has 18 heavy (non-hydrogen) atoms. The lowest BCUT2D eigenvalue weighted by atomic mass is 9.90. The molecule has 4 nitrogen and oxygen atoms in total. The molecule has 1 aromatic carbocycles. The fraction of sp³-hybridized carbons (Fsp3) is 0.357. The van der Waals surface area contributed by atoms with Crippen LogP contribution in [0.1, 0.15) is 26.5 Å². The van der Waals surface area contributed by atoms with Crippen molar-refractivity contribution in [2.24, 2.45) is 5.84 Å². The van der Waals surface area contributed by atoms with E-state index >= 15 is 0 Å². The van der Waals surface area contributed by atoms with Crippen LogP contribution in [0.25, 0.3) is 10.9 Å². The van der Waals surface area contributed by atoms with Gasteiger partial charge in [0.1, 0.15) is 5.75 Å². The van der Waals surface area contributed by atoms with E-state index in [9.17, 15) is 0 Å². The Balaban J connectivity index is 2.70. The van der Waals surface area contributed by atoms with Gasteiger partial charge in [-0.2, -0.15) is 0 Å². The number of hydrazine groups is 1. The summed E-state index contributed by atoms with van der Waals surface area (Å²) >= 11 is 0. The van der Waals surface area contributed by atoms with Gasteiger partial charge in [0.25, 0.3) is 0 Å². The molecule has 1 heterocycles. The maximum absolute atomic E-state index is 5.58. The molecule has 0 aliphatic heterocycles. The van der Waals surface area contributed by atoms with Gasteiger partial charge in [-0.25, -0.2) is 4.98 Å². The predicted octanol–water partition coefficient (Wildman–Crippen LogP) is 2.83. The molecule has 3 N–H and O–H groups in total. The summed E-state index contributed by atoms with van der Waals surface area (Å²) in [5.41, 5.74) is 5.38. The molecule has 2 rings (SSSR count). The Morgan fingerprint density at radius 1 is 1.22 bits per heavy atom. The van der Waals surface area contributed by atoms with E-state index < -0.39 is 0 Å². The molecular formula is C14H19N3O. The van der Waals surface area contributed by atoms with Crippen LogP contribution in [-0.4, -0.2) is 12.1 Å². The molecule has 0 spiro atoms. The van der Waals surface area contributed by atoms with Crippen molar-refractivity contribution in [1.82, 2.24) is 4.98 Å². The van der Waals surface area contributed by atoms with E-state index in [1.165, 1.54) is 0 Å². The molecule has 0 aliphatic rings. The van der Waals surface area contributed by atoms with Gasteiger partial charge in [0, 0.05) is 16.9 Å². The summed E-state index contributed by atoms with van der Waals surface area (Å²) in [6, 6.07) is 7.85. The van der Waals surface area contributed by atoms with Gasteiger partial charge in [-0.15, -0.1) is 0 Å². The summed E-state index contributed by atoms with van der Waals surface area (Å²) in [4.78, 5) is 4.70. The number of methoxy groups -OCH3 is 1. The number of hydrogen-bond acceptors (Lipinski definition) is 4. The summed E-state index contributed by atoms with van der Waals surface area (Å²) in [5, 5.41) is 1.04. The summed E-state index contributed by atoms with van der Waals surface area (Å²) in [6.45, 7) is 6.34. The van der Waals surface area contributed by atoms with Gasteiger partial charge in [-0.1, -0.05) is 20.8 Å². The Bertz CT molecular complexity index is 573. The minimum atomic E-state index is -0.0705. The van der Waals surface area contributed by atoms with Crippen LogP contribution in [0.15, 0.2) is 24.3 Å². The molecule has 0 saturated carbocycles. The van der Waals surface area contributed by atoms with Crippen molar-refractivity contribution in [3.63, 3.8) is 0 Å². The van der Waals surface area contributed by atoms with E-state index in [2.05, 4.69) is 26.2 Å². The van der Waals surface area contributed by atoms with Crippen LogP contribution in [0.2, 0.25) is 0 Å². The van der Waals surface area contributed by atoms with E-state index in [0.29, 0.717) is 0 Å². The highest BCUT2D eigenvalue weighted by atomic mass is 16.5. The molecular weight excluding hydrogens is 226 g/mol. The van der Waals surface area contributed by atoms with Gasteiger partial charge in [0.05, 0.1) is 24.0 Å². The Labute approximate surface area is 107 Å². The number of nitrogens with two attached hydrogens (primary N) is 1. The van der Waals surface area contributed by atoms with Crippen LogP contribution < -0.4 is 16.0 Å². The first-order valence-electron chi connectivity index (χ1n) is 5.91. The van der Waals surface area contributed by atoms with Crippen molar-refractivity contribution >= 4 is 16.6 Å². The van der Waals surface area contributed by atoms with Gasteiger partial charge in [0.2, 0.25) is 0 Å². The largest absolute Gasteiger partial charge is 0.497 e. The number of anilines is 1. The second-order valence-corrected chi connectivity index (χ2v) is 5.34. The van der Waals surface area contributed by atoms with Crippen LogP contribution in [0, 0.1) is 0 Å². The summed E-state index contributed by atoms with van der Waals surface area (Å²) in [6.07, 6.45) is 0. The third-order valence-corrected chi connectivity index (χ3v) is 2.89. The van der Waals surface area contributed by atoms with E-state index in [-0.39, 0.29) is 5.41 Å². The van der Waals surface area contributed by atoms with Crippen LogP contribution in [0.4, 0.5) is 5.69 Å². The molecule has 0 fully saturated rings. The number of hydrogen-bond donors (Lipinski definition) is 2. The standard InChI is InChI=1S/C14H19N3O/c1-14(2,3)13-12(17-15)7-9-5-6-10(18-4)8-11(9)16-13/h5-8,17H,15H2,1-4H3.